The molecule has 1 rings (SSSR count). The van der Waals surface area contributed by atoms with Crippen LogP contribution < -0.4 is 15.2 Å². The first kappa shape index (κ1) is 14.8. The number of carboxylic acids is 1. The first-order valence-corrected chi connectivity index (χ1v) is 6.10. The third-order valence-corrected chi connectivity index (χ3v) is 3.50. The first-order valence-electron chi connectivity index (χ1n) is 5.30. The zero-order chi connectivity index (χ0) is 13.9. The largest absolute Gasteiger partial charge is 0.493 e. The van der Waals surface area contributed by atoms with E-state index in [9.17, 15) is 4.79 Å². The molecule has 0 spiro atoms. The van der Waals surface area contributed by atoms with Gasteiger partial charge in [-0.15, -0.1) is 0 Å². The van der Waals surface area contributed by atoms with Gasteiger partial charge in [0.1, 0.15) is 0 Å². The zero-order valence-corrected chi connectivity index (χ0v) is 12.1. The van der Waals surface area contributed by atoms with E-state index in [1.54, 1.807) is 6.07 Å². The Hall–Kier alpha value is -1.27. The van der Waals surface area contributed by atoms with E-state index in [1.165, 1.54) is 14.2 Å². The minimum atomic E-state index is -0.956. The second kappa shape index (κ2) is 6.06. The number of aliphatic carboxylic acids is 1. The molecule has 0 aromatic heterocycles. The molecule has 0 aliphatic heterocycles. The molecule has 1 aromatic rings. The maximum absolute atomic E-state index is 10.8. The summed E-state index contributed by atoms with van der Waals surface area (Å²) in [7, 11) is 3.02. The van der Waals surface area contributed by atoms with Gasteiger partial charge >= 0.3 is 5.97 Å². The molecule has 0 radical (unpaired) electrons. The van der Waals surface area contributed by atoms with Crippen LogP contribution in [0.25, 0.3) is 0 Å². The fraction of sp³-hybridized carbons (Fsp3) is 0.417. The summed E-state index contributed by atoms with van der Waals surface area (Å²) < 4.78 is 11.3. The minimum Gasteiger partial charge on any atom is -0.493 e. The Bertz CT molecular complexity index is 462. The van der Waals surface area contributed by atoms with Gasteiger partial charge in [-0.3, -0.25) is 4.79 Å². The van der Waals surface area contributed by atoms with Crippen molar-refractivity contribution in [2.24, 2.45) is 5.73 Å². The average Bonchev–Trinajstić information content (AvgIpc) is 2.30. The highest BCUT2D eigenvalue weighted by molar-refractivity contribution is 9.10. The molecule has 1 aromatic carbocycles. The van der Waals surface area contributed by atoms with Gasteiger partial charge in [0.25, 0.3) is 0 Å². The number of rotatable bonds is 5. The highest BCUT2D eigenvalue weighted by atomic mass is 79.9. The SMILES string of the molecule is COc1cc(Br)c(C)c(C(N)CC(=O)O)c1OC. The van der Waals surface area contributed by atoms with Crippen molar-refractivity contribution in [3.05, 3.63) is 21.7 Å². The number of benzene rings is 1. The van der Waals surface area contributed by atoms with Gasteiger partial charge in [-0.1, -0.05) is 15.9 Å². The average molecular weight is 318 g/mol. The molecule has 0 bridgehead atoms. The number of nitrogens with two attached hydrogens (primary N) is 1. The number of hydrogen-bond donors (Lipinski definition) is 2. The van der Waals surface area contributed by atoms with Crippen molar-refractivity contribution in [2.75, 3.05) is 14.2 Å². The summed E-state index contributed by atoms with van der Waals surface area (Å²) in [6, 6.07) is 1.12. The second-order valence-electron chi connectivity index (χ2n) is 3.84. The molecule has 18 heavy (non-hydrogen) atoms. The van der Waals surface area contributed by atoms with Crippen molar-refractivity contribution in [1.82, 2.24) is 0 Å². The van der Waals surface area contributed by atoms with Crippen LogP contribution in [-0.2, 0) is 4.79 Å². The molecule has 5 nitrogen and oxygen atoms in total. The van der Waals surface area contributed by atoms with Gasteiger partial charge in [0, 0.05) is 16.1 Å². The topological polar surface area (TPSA) is 81.8 Å². The van der Waals surface area contributed by atoms with Crippen LogP contribution in [0, 0.1) is 6.92 Å². The molecule has 0 aliphatic carbocycles. The number of methoxy groups -OCH3 is 2. The monoisotopic (exact) mass is 317 g/mol. The summed E-state index contributed by atoms with van der Waals surface area (Å²) >= 11 is 3.40. The fourth-order valence-corrected chi connectivity index (χ4v) is 2.24. The molecule has 0 saturated heterocycles. The third-order valence-electron chi connectivity index (χ3n) is 2.68. The van der Waals surface area contributed by atoms with Crippen LogP contribution in [0.3, 0.4) is 0 Å². The quantitative estimate of drug-likeness (QED) is 0.870. The van der Waals surface area contributed by atoms with E-state index in [-0.39, 0.29) is 6.42 Å². The lowest BCUT2D eigenvalue weighted by Crippen LogP contribution is -2.17. The summed E-state index contributed by atoms with van der Waals surface area (Å²) in [6.45, 7) is 1.85. The van der Waals surface area contributed by atoms with Gasteiger partial charge in [-0.25, -0.2) is 0 Å². The van der Waals surface area contributed by atoms with Gasteiger partial charge in [0.2, 0.25) is 0 Å². The number of ether oxygens (including phenoxy) is 2. The Morgan fingerprint density at radius 3 is 2.56 bits per heavy atom. The molecule has 6 heteroatoms. The van der Waals surface area contributed by atoms with Crippen LogP contribution in [0.5, 0.6) is 11.5 Å². The second-order valence-corrected chi connectivity index (χ2v) is 4.69. The Labute approximate surface area is 114 Å². The van der Waals surface area contributed by atoms with Gasteiger partial charge < -0.3 is 20.3 Å². The Balaban J connectivity index is 3.38. The van der Waals surface area contributed by atoms with E-state index >= 15 is 0 Å². The van der Waals surface area contributed by atoms with Crippen LogP contribution in [0.4, 0.5) is 0 Å². The molecule has 100 valence electrons. The number of hydrogen-bond acceptors (Lipinski definition) is 4. The molecule has 0 saturated carbocycles. The van der Waals surface area contributed by atoms with Crippen molar-refractivity contribution in [2.45, 2.75) is 19.4 Å². The Morgan fingerprint density at radius 1 is 1.50 bits per heavy atom. The summed E-state index contributed by atoms with van der Waals surface area (Å²) in [6.07, 6.45) is -0.170. The predicted octanol–water partition coefficient (Wildman–Crippen LogP) is 2.25. The van der Waals surface area contributed by atoms with E-state index in [4.69, 9.17) is 20.3 Å². The van der Waals surface area contributed by atoms with Crippen LogP contribution in [0.15, 0.2) is 10.5 Å². The molecule has 0 fully saturated rings. The molecule has 0 heterocycles. The smallest absolute Gasteiger partial charge is 0.305 e. The van der Waals surface area contributed by atoms with Gasteiger partial charge in [-0.2, -0.15) is 0 Å². The Kier molecular flexibility index (Phi) is 4.98. The van der Waals surface area contributed by atoms with E-state index in [1.807, 2.05) is 6.92 Å². The lowest BCUT2D eigenvalue weighted by atomic mass is 9.97. The zero-order valence-electron chi connectivity index (χ0n) is 10.5. The highest BCUT2D eigenvalue weighted by Crippen LogP contribution is 2.41. The summed E-state index contributed by atoms with van der Waals surface area (Å²) in [5, 5.41) is 8.83. The number of carboxylic acid groups (broad SMARTS) is 1. The van der Waals surface area contributed by atoms with Crippen molar-refractivity contribution >= 4 is 21.9 Å². The van der Waals surface area contributed by atoms with E-state index in [2.05, 4.69) is 15.9 Å². The van der Waals surface area contributed by atoms with Gasteiger partial charge in [0.05, 0.1) is 20.6 Å². The van der Waals surface area contributed by atoms with Crippen molar-refractivity contribution in [3.63, 3.8) is 0 Å². The van der Waals surface area contributed by atoms with Gasteiger partial charge in [0.15, 0.2) is 11.5 Å². The lowest BCUT2D eigenvalue weighted by Gasteiger charge is -2.20. The van der Waals surface area contributed by atoms with Crippen LogP contribution >= 0.6 is 15.9 Å². The van der Waals surface area contributed by atoms with Crippen LogP contribution in [0.2, 0.25) is 0 Å². The molecule has 1 atom stereocenters. The van der Waals surface area contributed by atoms with Crippen LogP contribution in [-0.4, -0.2) is 25.3 Å². The molecule has 3 N–H and O–H groups in total. The number of halogens is 1. The van der Waals surface area contributed by atoms with Crippen LogP contribution in [0.1, 0.15) is 23.6 Å². The standard InChI is InChI=1S/C12H16BrNO4/c1-6-7(13)4-9(17-2)12(18-3)11(6)8(14)5-10(15)16/h4,8H,5,14H2,1-3H3,(H,15,16). The van der Waals surface area contributed by atoms with Gasteiger partial charge in [-0.05, 0) is 18.6 Å². The van der Waals surface area contributed by atoms with E-state index in [0.29, 0.717) is 17.1 Å². The molecule has 0 amide bonds. The first-order chi connectivity index (χ1) is 8.42. The van der Waals surface area contributed by atoms with Crippen molar-refractivity contribution < 1.29 is 19.4 Å². The molecular formula is C12H16BrNO4. The highest BCUT2D eigenvalue weighted by Gasteiger charge is 2.22. The lowest BCUT2D eigenvalue weighted by molar-refractivity contribution is -0.137. The predicted molar refractivity (Wildman–Crippen MR) is 71.2 cm³/mol. The molecule has 1 unspecified atom stereocenters. The molecular weight excluding hydrogens is 302 g/mol. The molecule has 0 aliphatic rings. The maximum atomic E-state index is 10.8. The summed E-state index contributed by atoms with van der Waals surface area (Å²) in [4.78, 5) is 10.8. The van der Waals surface area contributed by atoms with E-state index < -0.39 is 12.0 Å². The summed E-state index contributed by atoms with van der Waals surface area (Å²) in [5.41, 5.74) is 7.42. The minimum absolute atomic E-state index is 0.170. The third kappa shape index (κ3) is 2.94. The van der Waals surface area contributed by atoms with Crippen molar-refractivity contribution in [3.8, 4) is 11.5 Å². The maximum Gasteiger partial charge on any atom is 0.305 e. The fourth-order valence-electron chi connectivity index (χ4n) is 1.82. The van der Waals surface area contributed by atoms with Crippen molar-refractivity contribution in [1.29, 1.82) is 0 Å². The Morgan fingerprint density at radius 2 is 2.11 bits per heavy atom. The summed E-state index contributed by atoms with van der Waals surface area (Å²) in [5.74, 6) is 0.0423. The normalized spacial score (nSPS) is 12.1. The van der Waals surface area contributed by atoms with E-state index in [0.717, 1.165) is 10.0 Å². The number of carbonyl (C=O) groups is 1.